The maximum atomic E-state index is 12.1. The summed E-state index contributed by atoms with van der Waals surface area (Å²) in [5, 5.41) is 0. The summed E-state index contributed by atoms with van der Waals surface area (Å²) >= 11 is 0. The van der Waals surface area contributed by atoms with Crippen LogP contribution in [0.3, 0.4) is 0 Å². The second-order valence-corrected chi connectivity index (χ2v) is 7.31. The molecule has 2 saturated heterocycles. The molecule has 0 aromatic rings. The van der Waals surface area contributed by atoms with Gasteiger partial charge in [-0.1, -0.05) is 13.8 Å². The third-order valence-corrected chi connectivity index (χ3v) is 4.92. The van der Waals surface area contributed by atoms with Crippen LogP contribution in [0.2, 0.25) is 0 Å². The van der Waals surface area contributed by atoms with E-state index in [-0.39, 0.29) is 0 Å². The lowest BCUT2D eigenvalue weighted by Crippen LogP contribution is -2.62. The quantitative estimate of drug-likeness (QED) is 0.781. The highest BCUT2D eigenvalue weighted by Crippen LogP contribution is 2.41. The molecule has 2 heterocycles. The van der Waals surface area contributed by atoms with Crippen molar-refractivity contribution in [2.24, 2.45) is 11.3 Å². The molecule has 0 radical (unpaired) electrons. The van der Waals surface area contributed by atoms with E-state index >= 15 is 0 Å². The van der Waals surface area contributed by atoms with E-state index in [9.17, 15) is 4.79 Å². The average Bonchev–Trinajstić information content (AvgIpc) is 2.33. The first-order valence-electron chi connectivity index (χ1n) is 7.94. The van der Waals surface area contributed by atoms with E-state index in [0.29, 0.717) is 23.3 Å². The van der Waals surface area contributed by atoms with Crippen LogP contribution in [-0.4, -0.2) is 47.9 Å². The van der Waals surface area contributed by atoms with Crippen molar-refractivity contribution in [3.8, 4) is 0 Å². The summed E-state index contributed by atoms with van der Waals surface area (Å²) in [6, 6.07) is 0.677. The van der Waals surface area contributed by atoms with Gasteiger partial charge in [-0.2, -0.15) is 0 Å². The normalized spacial score (nSPS) is 23.2. The Balaban J connectivity index is 1.73. The molecular formula is C16H30N2O. The smallest absolute Gasteiger partial charge is 0.222 e. The zero-order chi connectivity index (χ0) is 14.0. The fourth-order valence-electron chi connectivity index (χ4n) is 3.30. The van der Waals surface area contributed by atoms with Gasteiger partial charge in [-0.3, -0.25) is 9.69 Å². The van der Waals surface area contributed by atoms with E-state index in [1.165, 1.54) is 25.9 Å². The molecule has 3 nitrogen and oxygen atoms in total. The number of nitrogens with zero attached hydrogens (tertiary/aromatic N) is 2. The van der Waals surface area contributed by atoms with Crippen LogP contribution >= 0.6 is 0 Å². The second kappa shape index (κ2) is 5.82. The number of rotatable bonds is 4. The number of hydrogen-bond acceptors (Lipinski definition) is 2. The molecule has 0 bridgehead atoms. The number of amides is 1. The van der Waals surface area contributed by atoms with Gasteiger partial charge >= 0.3 is 0 Å². The largest absolute Gasteiger partial charge is 0.343 e. The van der Waals surface area contributed by atoms with Crippen molar-refractivity contribution in [3.05, 3.63) is 0 Å². The van der Waals surface area contributed by atoms with Crippen LogP contribution < -0.4 is 0 Å². The fourth-order valence-corrected chi connectivity index (χ4v) is 3.30. The zero-order valence-electron chi connectivity index (χ0n) is 13.1. The van der Waals surface area contributed by atoms with Gasteiger partial charge in [-0.25, -0.2) is 0 Å². The molecule has 110 valence electrons. The van der Waals surface area contributed by atoms with Gasteiger partial charge in [0, 0.05) is 38.6 Å². The van der Waals surface area contributed by atoms with E-state index < -0.39 is 0 Å². The van der Waals surface area contributed by atoms with E-state index in [4.69, 9.17) is 0 Å². The summed E-state index contributed by atoms with van der Waals surface area (Å²) in [6.45, 7) is 13.4. The molecule has 1 spiro atoms. The lowest BCUT2D eigenvalue weighted by Gasteiger charge is -2.55. The summed E-state index contributed by atoms with van der Waals surface area (Å²) in [7, 11) is 0. The van der Waals surface area contributed by atoms with Crippen LogP contribution in [0.15, 0.2) is 0 Å². The highest BCUT2D eigenvalue weighted by atomic mass is 16.2. The molecule has 0 aliphatic carbocycles. The zero-order valence-corrected chi connectivity index (χ0v) is 13.1. The summed E-state index contributed by atoms with van der Waals surface area (Å²) < 4.78 is 0. The molecule has 0 N–H and O–H groups in total. The number of carbonyl (C=O) groups excluding carboxylic acids is 1. The summed E-state index contributed by atoms with van der Waals surface area (Å²) in [4.78, 5) is 16.8. The van der Waals surface area contributed by atoms with Crippen molar-refractivity contribution < 1.29 is 4.79 Å². The van der Waals surface area contributed by atoms with Gasteiger partial charge in [0.05, 0.1) is 0 Å². The van der Waals surface area contributed by atoms with E-state index in [0.717, 1.165) is 25.9 Å². The molecular weight excluding hydrogens is 236 g/mol. The van der Waals surface area contributed by atoms with Crippen LogP contribution in [0.5, 0.6) is 0 Å². The lowest BCUT2D eigenvalue weighted by molar-refractivity contribution is -0.137. The number of hydrogen-bond donors (Lipinski definition) is 0. The Kier molecular flexibility index (Phi) is 4.54. The van der Waals surface area contributed by atoms with E-state index in [2.05, 4.69) is 37.5 Å². The molecule has 19 heavy (non-hydrogen) atoms. The first kappa shape index (κ1) is 14.8. The van der Waals surface area contributed by atoms with Crippen molar-refractivity contribution in [1.29, 1.82) is 0 Å². The summed E-state index contributed by atoms with van der Waals surface area (Å²) in [5.41, 5.74) is 0.541. The maximum absolute atomic E-state index is 12.1. The number of piperidine rings is 1. The van der Waals surface area contributed by atoms with Crippen molar-refractivity contribution >= 4 is 5.91 Å². The fraction of sp³-hybridized carbons (Fsp3) is 0.938. The molecule has 0 saturated carbocycles. The van der Waals surface area contributed by atoms with Crippen LogP contribution in [0.4, 0.5) is 0 Å². The lowest BCUT2D eigenvalue weighted by atomic mass is 9.71. The Morgan fingerprint density at radius 3 is 2.16 bits per heavy atom. The molecule has 2 aliphatic heterocycles. The molecule has 2 rings (SSSR count). The molecule has 0 aromatic heterocycles. The van der Waals surface area contributed by atoms with Gasteiger partial charge < -0.3 is 4.90 Å². The Morgan fingerprint density at radius 2 is 1.68 bits per heavy atom. The van der Waals surface area contributed by atoms with Crippen LogP contribution in [-0.2, 0) is 4.79 Å². The van der Waals surface area contributed by atoms with Gasteiger partial charge in [-0.15, -0.1) is 0 Å². The van der Waals surface area contributed by atoms with E-state index in [1.54, 1.807) is 0 Å². The van der Waals surface area contributed by atoms with Gasteiger partial charge in [-0.05, 0) is 44.4 Å². The summed E-state index contributed by atoms with van der Waals surface area (Å²) in [5.74, 6) is 1.01. The first-order valence-corrected chi connectivity index (χ1v) is 7.94. The van der Waals surface area contributed by atoms with Crippen LogP contribution in [0, 0.1) is 11.3 Å². The molecule has 0 aromatic carbocycles. The minimum atomic E-state index is 0.378. The molecule has 0 unspecified atom stereocenters. The van der Waals surface area contributed by atoms with Crippen molar-refractivity contribution in [2.45, 2.75) is 59.4 Å². The topological polar surface area (TPSA) is 23.6 Å². The predicted molar refractivity (Wildman–Crippen MR) is 79.0 cm³/mol. The maximum Gasteiger partial charge on any atom is 0.222 e. The molecule has 0 atom stereocenters. The minimum Gasteiger partial charge on any atom is -0.343 e. The van der Waals surface area contributed by atoms with Gasteiger partial charge in [0.1, 0.15) is 0 Å². The van der Waals surface area contributed by atoms with Crippen molar-refractivity contribution in [1.82, 2.24) is 9.80 Å². The number of carbonyl (C=O) groups is 1. The second-order valence-electron chi connectivity index (χ2n) is 7.31. The molecule has 3 heteroatoms. The Labute approximate surface area is 118 Å². The van der Waals surface area contributed by atoms with Gasteiger partial charge in [0.25, 0.3) is 0 Å². The summed E-state index contributed by atoms with van der Waals surface area (Å²) in [6.07, 6.45) is 4.19. The van der Waals surface area contributed by atoms with Crippen molar-refractivity contribution in [2.75, 3.05) is 26.2 Å². The molecule has 2 aliphatic rings. The Morgan fingerprint density at radius 1 is 1.11 bits per heavy atom. The number of likely N-dealkylation sites (tertiary alicyclic amines) is 2. The minimum absolute atomic E-state index is 0.378. The first-order chi connectivity index (χ1) is 8.92. The van der Waals surface area contributed by atoms with Crippen LogP contribution in [0.25, 0.3) is 0 Å². The highest BCUT2D eigenvalue weighted by molar-refractivity contribution is 5.76. The third-order valence-electron chi connectivity index (χ3n) is 4.92. The Hall–Kier alpha value is -0.570. The predicted octanol–water partition coefficient (Wildman–Crippen LogP) is 2.76. The van der Waals surface area contributed by atoms with Crippen molar-refractivity contribution in [3.63, 3.8) is 0 Å². The van der Waals surface area contributed by atoms with E-state index in [1.807, 2.05) is 0 Å². The monoisotopic (exact) mass is 266 g/mol. The molecule has 1 amide bonds. The third kappa shape index (κ3) is 3.50. The van der Waals surface area contributed by atoms with Gasteiger partial charge in [0.2, 0.25) is 5.91 Å². The Bertz CT molecular complexity index is 309. The standard InChI is InChI=1S/C16H30N2O/c1-13(2)5-6-15(19)17-9-7-16(8-10-17)11-18(12-16)14(3)4/h13-14H,5-12H2,1-4H3. The van der Waals surface area contributed by atoms with Crippen LogP contribution in [0.1, 0.15) is 53.4 Å². The SMILES string of the molecule is CC(C)CCC(=O)N1CCC2(CC1)CN(C(C)C)C2. The highest BCUT2D eigenvalue weighted by Gasteiger charge is 2.45. The molecule has 2 fully saturated rings. The van der Waals surface area contributed by atoms with Gasteiger partial charge in [0.15, 0.2) is 0 Å². The average molecular weight is 266 g/mol.